The van der Waals surface area contributed by atoms with Gasteiger partial charge in [0.25, 0.3) is 5.69 Å². The lowest BCUT2D eigenvalue weighted by Gasteiger charge is -2.32. The summed E-state index contributed by atoms with van der Waals surface area (Å²) in [5.41, 5.74) is 5.99. The molecule has 0 atom stereocenters. The summed E-state index contributed by atoms with van der Waals surface area (Å²) in [6, 6.07) is 5.06. The van der Waals surface area contributed by atoms with Gasteiger partial charge < -0.3 is 11.1 Å². The van der Waals surface area contributed by atoms with Crippen LogP contribution < -0.4 is 11.1 Å². The summed E-state index contributed by atoms with van der Waals surface area (Å²) in [5, 5.41) is 14.9. The molecule has 7 heteroatoms. The number of nitrogens with one attached hydrogen (secondary N) is 1. The summed E-state index contributed by atoms with van der Waals surface area (Å²) < 4.78 is 0. The number of carbonyl (C=O) groups is 1. The van der Waals surface area contributed by atoms with Crippen molar-refractivity contribution in [3.63, 3.8) is 0 Å². The number of nitro benzene ring substituents is 1. The summed E-state index contributed by atoms with van der Waals surface area (Å²) in [7, 11) is 0. The normalized spacial score (nSPS) is 19.3. The van der Waals surface area contributed by atoms with Crippen LogP contribution in [0.4, 0.5) is 5.69 Å². The van der Waals surface area contributed by atoms with Gasteiger partial charge >= 0.3 is 0 Å². The van der Waals surface area contributed by atoms with Gasteiger partial charge in [0.05, 0.1) is 4.92 Å². The Morgan fingerprint density at radius 2 is 2.00 bits per heavy atom. The molecule has 2 aliphatic rings. The van der Waals surface area contributed by atoms with E-state index in [-0.39, 0.29) is 11.3 Å². The highest BCUT2D eigenvalue weighted by Gasteiger charge is 2.25. The molecule has 130 valence electrons. The number of piperidine rings is 1. The Morgan fingerprint density at radius 1 is 1.29 bits per heavy atom. The molecule has 24 heavy (non-hydrogen) atoms. The first kappa shape index (κ1) is 16.9. The van der Waals surface area contributed by atoms with Crippen molar-refractivity contribution in [2.24, 2.45) is 11.7 Å². The molecule has 0 radical (unpaired) electrons. The Balaban J connectivity index is 1.57. The summed E-state index contributed by atoms with van der Waals surface area (Å²) in [6.45, 7) is 3.52. The molecule has 1 saturated carbocycles. The molecule has 0 bridgehead atoms. The van der Waals surface area contributed by atoms with Gasteiger partial charge in [0, 0.05) is 29.8 Å². The average Bonchev–Trinajstić information content (AvgIpc) is 3.38. The lowest BCUT2D eigenvalue weighted by Crippen LogP contribution is -2.42. The summed E-state index contributed by atoms with van der Waals surface area (Å²) in [4.78, 5) is 24.3. The molecule has 1 aliphatic carbocycles. The molecule has 1 aliphatic heterocycles. The standard InChI is InChI=1S/C17H24N4O3/c18-17(22)13-3-4-14(16(9-13)21(23)24)11-20-7-5-15(6-8-20)19-10-12-1-2-12/h3-4,9,12,15,19H,1-2,5-8,10-11H2,(H2,18,22). The minimum Gasteiger partial charge on any atom is -0.366 e. The maximum absolute atomic E-state index is 11.3. The van der Waals surface area contributed by atoms with Crippen molar-refractivity contribution < 1.29 is 9.72 Å². The number of nitrogens with zero attached hydrogens (tertiary/aromatic N) is 2. The van der Waals surface area contributed by atoms with E-state index in [2.05, 4.69) is 10.2 Å². The van der Waals surface area contributed by atoms with Gasteiger partial charge in [-0.25, -0.2) is 0 Å². The van der Waals surface area contributed by atoms with Gasteiger partial charge in [0.15, 0.2) is 0 Å². The maximum atomic E-state index is 11.3. The van der Waals surface area contributed by atoms with Crippen LogP contribution in [0.15, 0.2) is 18.2 Å². The fourth-order valence-corrected chi connectivity index (χ4v) is 3.21. The van der Waals surface area contributed by atoms with Crippen molar-refractivity contribution in [1.82, 2.24) is 10.2 Å². The van der Waals surface area contributed by atoms with Gasteiger partial charge in [-0.05, 0) is 57.3 Å². The molecule has 1 saturated heterocycles. The van der Waals surface area contributed by atoms with E-state index in [1.165, 1.54) is 18.9 Å². The second kappa shape index (κ2) is 7.27. The van der Waals surface area contributed by atoms with Gasteiger partial charge in [-0.3, -0.25) is 19.8 Å². The Bertz CT molecular complexity index is 622. The number of carbonyl (C=O) groups excluding carboxylic acids is 1. The number of hydrogen-bond acceptors (Lipinski definition) is 5. The van der Waals surface area contributed by atoms with Crippen LogP contribution in [0.2, 0.25) is 0 Å². The fourth-order valence-electron chi connectivity index (χ4n) is 3.21. The Labute approximate surface area is 141 Å². The van der Waals surface area contributed by atoms with Crippen LogP contribution in [0.5, 0.6) is 0 Å². The number of rotatable bonds is 7. The van der Waals surface area contributed by atoms with E-state index >= 15 is 0 Å². The first-order valence-electron chi connectivity index (χ1n) is 8.56. The monoisotopic (exact) mass is 332 g/mol. The second-order valence-corrected chi connectivity index (χ2v) is 6.87. The zero-order valence-corrected chi connectivity index (χ0v) is 13.7. The summed E-state index contributed by atoms with van der Waals surface area (Å²) in [5.74, 6) is 0.238. The largest absolute Gasteiger partial charge is 0.366 e. The van der Waals surface area contributed by atoms with Crippen LogP contribution in [-0.4, -0.2) is 41.4 Å². The lowest BCUT2D eigenvalue weighted by atomic mass is 10.0. The first-order chi connectivity index (χ1) is 11.5. The molecule has 1 aromatic rings. The van der Waals surface area contributed by atoms with Crippen molar-refractivity contribution in [3.05, 3.63) is 39.4 Å². The van der Waals surface area contributed by atoms with Gasteiger partial charge in [0.1, 0.15) is 0 Å². The van der Waals surface area contributed by atoms with Gasteiger partial charge in [0.2, 0.25) is 5.91 Å². The molecule has 1 amide bonds. The highest BCUT2D eigenvalue weighted by atomic mass is 16.6. The third kappa shape index (κ3) is 4.30. The van der Waals surface area contributed by atoms with Gasteiger partial charge in [-0.1, -0.05) is 6.07 Å². The zero-order valence-electron chi connectivity index (χ0n) is 13.7. The highest BCUT2D eigenvalue weighted by Crippen LogP contribution is 2.28. The highest BCUT2D eigenvalue weighted by molar-refractivity contribution is 5.93. The number of primary amides is 1. The number of nitrogens with two attached hydrogens (primary N) is 1. The molecule has 0 aromatic heterocycles. The molecular formula is C17H24N4O3. The fraction of sp³-hybridized carbons (Fsp3) is 0.588. The number of amides is 1. The van der Waals surface area contributed by atoms with Crippen LogP contribution in [0.1, 0.15) is 41.6 Å². The summed E-state index contributed by atoms with van der Waals surface area (Å²) in [6.07, 6.45) is 4.85. The molecule has 2 fully saturated rings. The predicted molar refractivity (Wildman–Crippen MR) is 90.6 cm³/mol. The molecular weight excluding hydrogens is 308 g/mol. The minimum atomic E-state index is -0.646. The molecule has 7 nitrogen and oxygen atoms in total. The van der Waals surface area contributed by atoms with Crippen molar-refractivity contribution in [2.75, 3.05) is 19.6 Å². The Kier molecular flexibility index (Phi) is 5.11. The SMILES string of the molecule is NC(=O)c1ccc(CN2CCC(NCC3CC3)CC2)c([N+](=O)[O-])c1. The van der Waals surface area contributed by atoms with Crippen molar-refractivity contribution in [2.45, 2.75) is 38.3 Å². The first-order valence-corrected chi connectivity index (χ1v) is 8.56. The number of nitro groups is 1. The number of likely N-dealkylation sites (tertiary alicyclic amines) is 1. The van der Waals surface area contributed by atoms with E-state index in [4.69, 9.17) is 5.73 Å². The van der Waals surface area contributed by atoms with Crippen LogP contribution in [-0.2, 0) is 6.54 Å². The van der Waals surface area contributed by atoms with Crippen LogP contribution in [0.25, 0.3) is 0 Å². The van der Waals surface area contributed by atoms with E-state index in [1.807, 2.05) is 0 Å². The minimum absolute atomic E-state index is 0.0275. The van der Waals surface area contributed by atoms with Crippen LogP contribution >= 0.6 is 0 Å². The molecule has 0 unspecified atom stereocenters. The second-order valence-electron chi connectivity index (χ2n) is 6.87. The van der Waals surface area contributed by atoms with Crippen molar-refractivity contribution in [1.29, 1.82) is 0 Å². The third-order valence-corrected chi connectivity index (χ3v) is 4.94. The van der Waals surface area contributed by atoms with Gasteiger partial charge in [-0.15, -0.1) is 0 Å². The number of hydrogen-bond donors (Lipinski definition) is 2. The molecule has 0 spiro atoms. The van der Waals surface area contributed by atoms with E-state index in [1.54, 1.807) is 12.1 Å². The van der Waals surface area contributed by atoms with Crippen molar-refractivity contribution >= 4 is 11.6 Å². The molecule has 3 rings (SSSR count). The van der Waals surface area contributed by atoms with Gasteiger partial charge in [-0.2, -0.15) is 0 Å². The van der Waals surface area contributed by atoms with Crippen molar-refractivity contribution in [3.8, 4) is 0 Å². The number of benzene rings is 1. The topological polar surface area (TPSA) is 102 Å². The summed E-state index contributed by atoms with van der Waals surface area (Å²) >= 11 is 0. The average molecular weight is 332 g/mol. The molecule has 1 heterocycles. The van der Waals surface area contributed by atoms with Crippen LogP contribution in [0.3, 0.4) is 0 Å². The van der Waals surface area contributed by atoms with E-state index in [0.717, 1.165) is 38.4 Å². The predicted octanol–water partition coefficient (Wildman–Crippen LogP) is 1.66. The maximum Gasteiger partial charge on any atom is 0.274 e. The zero-order chi connectivity index (χ0) is 17.1. The van der Waals surface area contributed by atoms with Crippen LogP contribution in [0, 0.1) is 16.0 Å². The smallest absolute Gasteiger partial charge is 0.274 e. The Hall–Kier alpha value is -1.99. The molecule has 3 N–H and O–H groups in total. The molecule has 1 aromatic carbocycles. The Morgan fingerprint density at radius 3 is 2.58 bits per heavy atom. The third-order valence-electron chi connectivity index (χ3n) is 4.94. The van der Waals surface area contributed by atoms with E-state index in [0.29, 0.717) is 18.2 Å². The van der Waals surface area contributed by atoms with E-state index in [9.17, 15) is 14.9 Å². The van der Waals surface area contributed by atoms with E-state index < -0.39 is 10.8 Å². The lowest BCUT2D eigenvalue weighted by molar-refractivity contribution is -0.385. The quantitative estimate of drug-likeness (QED) is 0.584.